The van der Waals surface area contributed by atoms with Crippen LogP contribution in [0.3, 0.4) is 0 Å². The molecular formula is C21H20F4N6O2. The Hall–Kier alpha value is -3.28. The predicted octanol–water partition coefficient (Wildman–Crippen LogP) is 2.61. The van der Waals surface area contributed by atoms with Crippen molar-refractivity contribution in [3.05, 3.63) is 57.9 Å². The molecule has 1 aromatic carbocycles. The molecule has 3 aromatic rings. The van der Waals surface area contributed by atoms with Crippen LogP contribution in [-0.2, 0) is 24.5 Å². The fraction of sp³-hybridized carbons (Fsp3) is 0.429. The molecule has 0 N–H and O–H groups in total. The number of halogens is 4. The van der Waals surface area contributed by atoms with E-state index in [0.717, 1.165) is 31.6 Å². The Labute approximate surface area is 185 Å². The van der Waals surface area contributed by atoms with Gasteiger partial charge in [-0.05, 0) is 31.0 Å². The van der Waals surface area contributed by atoms with Gasteiger partial charge in [0.1, 0.15) is 17.1 Å². The summed E-state index contributed by atoms with van der Waals surface area (Å²) < 4.78 is 61.4. The van der Waals surface area contributed by atoms with Gasteiger partial charge in [0.25, 0.3) is 5.56 Å². The van der Waals surface area contributed by atoms with Gasteiger partial charge in [-0.25, -0.2) is 13.8 Å². The minimum absolute atomic E-state index is 0.0459. The van der Waals surface area contributed by atoms with Gasteiger partial charge in [0.15, 0.2) is 0 Å². The largest absolute Gasteiger partial charge is 0.416 e. The third-order valence-corrected chi connectivity index (χ3v) is 6.16. The Bertz CT molecular complexity index is 1250. The molecule has 0 radical (unpaired) electrons. The number of hydrogen-bond acceptors (Lipinski definition) is 6. The van der Waals surface area contributed by atoms with Crippen LogP contribution in [0.5, 0.6) is 0 Å². The number of benzene rings is 1. The van der Waals surface area contributed by atoms with E-state index in [1.54, 1.807) is 13.2 Å². The topological polar surface area (TPSA) is 78.1 Å². The molecule has 2 aliphatic rings. The second-order valence-electron chi connectivity index (χ2n) is 8.40. The number of alkyl halides is 3. The lowest BCUT2D eigenvalue weighted by Gasteiger charge is -2.48. The molecule has 0 amide bonds. The zero-order valence-corrected chi connectivity index (χ0v) is 17.6. The van der Waals surface area contributed by atoms with E-state index in [-0.39, 0.29) is 29.0 Å². The van der Waals surface area contributed by atoms with Gasteiger partial charge < -0.3 is 9.64 Å². The van der Waals surface area contributed by atoms with Gasteiger partial charge >= 0.3 is 6.18 Å². The van der Waals surface area contributed by atoms with Crippen molar-refractivity contribution in [1.29, 1.82) is 0 Å². The summed E-state index contributed by atoms with van der Waals surface area (Å²) in [6.45, 7) is 2.10. The number of ether oxygens (including phenoxy) is 1. The third-order valence-electron chi connectivity index (χ3n) is 6.16. The summed E-state index contributed by atoms with van der Waals surface area (Å²) in [5.41, 5.74) is -0.662. The van der Waals surface area contributed by atoms with E-state index in [9.17, 15) is 22.4 Å². The molecule has 2 saturated heterocycles. The molecule has 2 aromatic heterocycles. The van der Waals surface area contributed by atoms with Gasteiger partial charge in [0.2, 0.25) is 0 Å². The van der Waals surface area contributed by atoms with Crippen molar-refractivity contribution < 1.29 is 22.3 Å². The monoisotopic (exact) mass is 464 g/mol. The summed E-state index contributed by atoms with van der Waals surface area (Å²) >= 11 is 0. The van der Waals surface area contributed by atoms with Crippen LogP contribution in [-0.4, -0.2) is 50.1 Å². The van der Waals surface area contributed by atoms with Crippen LogP contribution in [0.15, 0.2) is 35.3 Å². The Kier molecular flexibility index (Phi) is 5.00. The first-order chi connectivity index (χ1) is 15.7. The Morgan fingerprint density at radius 1 is 1.21 bits per heavy atom. The predicted molar refractivity (Wildman–Crippen MR) is 109 cm³/mol. The molecule has 174 valence electrons. The average Bonchev–Trinajstić information content (AvgIpc) is 3.36. The van der Waals surface area contributed by atoms with Crippen molar-refractivity contribution in [2.45, 2.75) is 31.2 Å². The summed E-state index contributed by atoms with van der Waals surface area (Å²) in [7, 11) is 1.55. The maximum atomic E-state index is 14.5. The van der Waals surface area contributed by atoms with Crippen molar-refractivity contribution in [3.8, 4) is 11.3 Å². The fourth-order valence-electron chi connectivity index (χ4n) is 4.34. The minimum atomic E-state index is -4.66. The van der Waals surface area contributed by atoms with E-state index in [4.69, 9.17) is 4.74 Å². The lowest BCUT2D eigenvalue weighted by Crippen LogP contribution is -2.61. The van der Waals surface area contributed by atoms with Crippen LogP contribution in [0.25, 0.3) is 11.3 Å². The summed E-state index contributed by atoms with van der Waals surface area (Å²) in [5.74, 6) is -1.08. The minimum Gasteiger partial charge on any atom is -0.371 e. The van der Waals surface area contributed by atoms with E-state index in [1.807, 2.05) is 4.90 Å². The van der Waals surface area contributed by atoms with Gasteiger partial charge in [-0.2, -0.15) is 18.3 Å². The van der Waals surface area contributed by atoms with E-state index in [1.165, 1.54) is 15.4 Å². The van der Waals surface area contributed by atoms with Crippen LogP contribution < -0.4 is 10.5 Å². The molecule has 4 heterocycles. The zero-order chi connectivity index (χ0) is 23.4. The van der Waals surface area contributed by atoms with Crippen molar-refractivity contribution in [2.24, 2.45) is 7.05 Å². The number of hydrogen-bond donors (Lipinski definition) is 0. The number of anilines is 1. The van der Waals surface area contributed by atoms with Gasteiger partial charge in [-0.1, -0.05) is 5.21 Å². The second-order valence-corrected chi connectivity index (χ2v) is 8.40. The van der Waals surface area contributed by atoms with Crippen LogP contribution in [0.2, 0.25) is 0 Å². The summed E-state index contributed by atoms with van der Waals surface area (Å²) in [5, 5.41) is 12.0. The maximum Gasteiger partial charge on any atom is 0.416 e. The normalized spacial score (nSPS) is 17.5. The summed E-state index contributed by atoms with van der Waals surface area (Å²) in [6.07, 6.45) is -1.05. The first-order valence-corrected chi connectivity index (χ1v) is 10.4. The number of nitrogens with zero attached hydrogens (tertiary/aromatic N) is 6. The number of rotatable bonds is 4. The molecule has 8 nitrogen and oxygen atoms in total. The molecule has 2 fully saturated rings. The van der Waals surface area contributed by atoms with E-state index in [0.29, 0.717) is 30.5 Å². The van der Waals surface area contributed by atoms with E-state index < -0.39 is 17.6 Å². The zero-order valence-electron chi connectivity index (χ0n) is 17.6. The lowest BCUT2D eigenvalue weighted by molar-refractivity contribution is -0.137. The van der Waals surface area contributed by atoms with Crippen LogP contribution in [0.4, 0.5) is 23.2 Å². The van der Waals surface area contributed by atoms with Gasteiger partial charge in [-0.15, -0.1) is 5.10 Å². The van der Waals surface area contributed by atoms with Crippen LogP contribution in [0, 0.1) is 5.82 Å². The van der Waals surface area contributed by atoms with Crippen LogP contribution >= 0.6 is 0 Å². The highest BCUT2D eigenvalue weighted by Crippen LogP contribution is 2.37. The van der Waals surface area contributed by atoms with Crippen molar-refractivity contribution in [2.75, 3.05) is 24.6 Å². The Morgan fingerprint density at radius 2 is 2.00 bits per heavy atom. The first-order valence-electron chi connectivity index (χ1n) is 10.4. The molecule has 12 heteroatoms. The van der Waals surface area contributed by atoms with E-state index in [2.05, 4.69) is 15.4 Å². The summed E-state index contributed by atoms with van der Waals surface area (Å²) in [6, 6.07) is 3.68. The number of aromatic nitrogens is 5. The lowest BCUT2D eigenvalue weighted by atomic mass is 9.90. The molecule has 0 unspecified atom stereocenters. The average molecular weight is 464 g/mol. The van der Waals surface area contributed by atoms with Gasteiger partial charge in [0.05, 0.1) is 29.7 Å². The Balaban J connectivity index is 1.39. The second kappa shape index (κ2) is 7.65. The molecule has 0 saturated carbocycles. The highest BCUT2D eigenvalue weighted by Gasteiger charge is 2.46. The van der Waals surface area contributed by atoms with Crippen molar-refractivity contribution in [1.82, 2.24) is 24.8 Å². The molecule has 5 rings (SSSR count). The van der Waals surface area contributed by atoms with Crippen molar-refractivity contribution in [3.63, 3.8) is 0 Å². The van der Waals surface area contributed by atoms with Gasteiger partial charge in [0, 0.05) is 38.4 Å². The standard InChI is InChI=1S/C21H20F4N6O2/c1-29-17(19(27-28-29)15-4-3-13(7-16(15)22)21(23,24)25)10-31-18(32)8-14(9-26-31)30-11-20(12-30)5-2-6-33-20/h3-4,7-9H,2,5-6,10-12H2,1H3. The first kappa shape index (κ1) is 21.6. The highest BCUT2D eigenvalue weighted by atomic mass is 19.4. The molecule has 1 spiro atoms. The fourth-order valence-corrected chi connectivity index (χ4v) is 4.34. The molecule has 0 atom stereocenters. The van der Waals surface area contributed by atoms with E-state index >= 15 is 0 Å². The Morgan fingerprint density at radius 3 is 2.64 bits per heavy atom. The molecule has 0 bridgehead atoms. The number of aryl methyl sites for hydroxylation is 1. The maximum absolute atomic E-state index is 14.5. The molecular weight excluding hydrogens is 444 g/mol. The summed E-state index contributed by atoms with van der Waals surface area (Å²) in [4.78, 5) is 14.7. The van der Waals surface area contributed by atoms with Crippen LogP contribution in [0.1, 0.15) is 24.1 Å². The smallest absolute Gasteiger partial charge is 0.371 e. The highest BCUT2D eigenvalue weighted by molar-refractivity contribution is 5.63. The molecule has 0 aliphatic carbocycles. The van der Waals surface area contributed by atoms with Crippen molar-refractivity contribution >= 4 is 5.69 Å². The SMILES string of the molecule is Cn1nnc(-c2ccc(C(F)(F)F)cc2F)c1Cn1ncc(N2CC3(CCCO3)C2)cc1=O. The van der Waals surface area contributed by atoms with Gasteiger partial charge in [-0.3, -0.25) is 4.79 Å². The molecule has 33 heavy (non-hydrogen) atoms. The quantitative estimate of drug-likeness (QED) is 0.553. The third kappa shape index (κ3) is 3.88. The molecule has 2 aliphatic heterocycles.